The van der Waals surface area contributed by atoms with Gasteiger partial charge in [-0.1, -0.05) is 19.8 Å². The fourth-order valence-electron chi connectivity index (χ4n) is 4.25. The van der Waals surface area contributed by atoms with Gasteiger partial charge in [0.2, 0.25) is 0 Å². The van der Waals surface area contributed by atoms with E-state index in [1.807, 2.05) is 30.7 Å². The van der Waals surface area contributed by atoms with E-state index < -0.39 is 0 Å². The Bertz CT molecular complexity index is 957. The summed E-state index contributed by atoms with van der Waals surface area (Å²) in [6.07, 6.45) is 7.96. The average molecular weight is 394 g/mol. The van der Waals surface area contributed by atoms with Crippen molar-refractivity contribution in [3.8, 4) is 11.9 Å². The minimum Gasteiger partial charge on any atom is -0.348 e. The van der Waals surface area contributed by atoms with Gasteiger partial charge >= 0.3 is 0 Å². The van der Waals surface area contributed by atoms with Gasteiger partial charge < -0.3 is 9.88 Å². The maximum absolute atomic E-state index is 12.7. The molecule has 2 aromatic heterocycles. The van der Waals surface area contributed by atoms with E-state index >= 15 is 0 Å². The van der Waals surface area contributed by atoms with Crippen molar-refractivity contribution in [3.05, 3.63) is 40.9 Å². The molecule has 1 aliphatic carbocycles. The molecule has 1 saturated carbocycles. The molecule has 0 spiro atoms. The maximum atomic E-state index is 12.7. The summed E-state index contributed by atoms with van der Waals surface area (Å²) in [4.78, 5) is 12.7. The molecule has 0 bridgehead atoms. The molecule has 2 heterocycles. The summed E-state index contributed by atoms with van der Waals surface area (Å²) in [6.45, 7) is 10.4. The molecular formula is C23H31N5O. The van der Waals surface area contributed by atoms with Crippen molar-refractivity contribution < 1.29 is 4.79 Å². The van der Waals surface area contributed by atoms with Crippen LogP contribution < -0.4 is 5.32 Å². The molecular weight excluding hydrogens is 362 g/mol. The number of hydrogen-bond donors (Lipinski definition) is 1. The molecule has 0 unspecified atom stereocenters. The van der Waals surface area contributed by atoms with Crippen molar-refractivity contribution in [3.63, 3.8) is 0 Å². The number of nitrogens with zero attached hydrogens (tertiary/aromatic N) is 4. The first-order chi connectivity index (χ1) is 13.8. The van der Waals surface area contributed by atoms with Crippen LogP contribution in [0.4, 0.5) is 0 Å². The fourth-order valence-corrected chi connectivity index (χ4v) is 4.25. The Morgan fingerprint density at radius 1 is 1.34 bits per heavy atom. The summed E-state index contributed by atoms with van der Waals surface area (Å²) in [7, 11) is 0. The molecule has 1 fully saturated rings. The number of aryl methyl sites for hydroxylation is 1. The number of nitrogens with one attached hydrogen (secondary N) is 1. The molecule has 6 heteroatoms. The highest BCUT2D eigenvalue weighted by molar-refractivity contribution is 6.02. The second-order valence-electron chi connectivity index (χ2n) is 8.40. The molecule has 1 N–H and O–H groups in total. The van der Waals surface area contributed by atoms with Crippen molar-refractivity contribution >= 4 is 12.0 Å². The van der Waals surface area contributed by atoms with E-state index in [2.05, 4.69) is 41.8 Å². The largest absolute Gasteiger partial charge is 0.348 e. The number of aromatic nitrogens is 3. The van der Waals surface area contributed by atoms with Gasteiger partial charge in [0, 0.05) is 29.5 Å². The molecule has 0 aliphatic heterocycles. The monoisotopic (exact) mass is 393 g/mol. The van der Waals surface area contributed by atoms with Gasteiger partial charge in [-0.05, 0) is 64.2 Å². The first-order valence-corrected chi connectivity index (χ1v) is 10.5. The van der Waals surface area contributed by atoms with Gasteiger partial charge in [-0.3, -0.25) is 4.79 Å². The molecule has 0 aromatic carbocycles. The zero-order valence-electron chi connectivity index (χ0n) is 18.1. The molecule has 3 rings (SSSR count). The zero-order valence-corrected chi connectivity index (χ0v) is 18.1. The van der Waals surface area contributed by atoms with Gasteiger partial charge in [0.15, 0.2) is 0 Å². The summed E-state index contributed by atoms with van der Waals surface area (Å²) in [5.74, 6) is 1.16. The van der Waals surface area contributed by atoms with Crippen LogP contribution in [-0.2, 0) is 4.79 Å². The van der Waals surface area contributed by atoms with E-state index in [-0.39, 0.29) is 23.6 Å². The van der Waals surface area contributed by atoms with Crippen molar-refractivity contribution in [2.24, 2.45) is 5.92 Å². The third-order valence-electron chi connectivity index (χ3n) is 5.93. The van der Waals surface area contributed by atoms with Crippen molar-refractivity contribution in [2.75, 3.05) is 0 Å². The van der Waals surface area contributed by atoms with E-state index in [9.17, 15) is 10.1 Å². The molecule has 0 saturated heterocycles. The molecule has 29 heavy (non-hydrogen) atoms. The van der Waals surface area contributed by atoms with E-state index in [0.717, 1.165) is 42.0 Å². The Kier molecular flexibility index (Phi) is 6.26. The zero-order chi connectivity index (χ0) is 21.1. The molecule has 1 amide bonds. The number of carbonyl (C=O) groups excluding carboxylic acids is 1. The predicted molar refractivity (Wildman–Crippen MR) is 115 cm³/mol. The summed E-state index contributed by atoms with van der Waals surface area (Å²) < 4.78 is 4.09. The standard InChI is InChI=1S/C23H31N5O/c1-15(2)28-22(10-11-25-28)27-17(4)12-19(18(27)5)13-20(14-24)23(29)26-21-9-7-6-8-16(21)3/h10-13,15-16,21H,6-9H2,1-5H3,(H,26,29)/b20-13+/t16-,21-/m0/s1. The summed E-state index contributed by atoms with van der Waals surface area (Å²) >= 11 is 0. The van der Waals surface area contributed by atoms with Crippen LogP contribution in [-0.4, -0.2) is 26.3 Å². The van der Waals surface area contributed by atoms with Crippen LogP contribution in [0.25, 0.3) is 11.9 Å². The minimum atomic E-state index is -0.275. The van der Waals surface area contributed by atoms with Gasteiger partial charge in [0.05, 0.1) is 6.20 Å². The van der Waals surface area contributed by atoms with Gasteiger partial charge in [0.25, 0.3) is 5.91 Å². The highest BCUT2D eigenvalue weighted by atomic mass is 16.1. The molecule has 1 aliphatic rings. The van der Waals surface area contributed by atoms with Gasteiger partial charge in [-0.15, -0.1) is 0 Å². The quantitative estimate of drug-likeness (QED) is 0.601. The summed E-state index contributed by atoms with van der Waals surface area (Å²) in [5.41, 5.74) is 3.05. The lowest BCUT2D eigenvalue weighted by atomic mass is 9.86. The highest BCUT2D eigenvalue weighted by Crippen LogP contribution is 2.26. The molecule has 2 atom stereocenters. The second-order valence-corrected chi connectivity index (χ2v) is 8.40. The number of nitriles is 1. The lowest BCUT2D eigenvalue weighted by Crippen LogP contribution is -2.41. The van der Waals surface area contributed by atoms with Crippen molar-refractivity contribution in [2.45, 2.75) is 72.4 Å². The number of hydrogen-bond acceptors (Lipinski definition) is 3. The second kappa shape index (κ2) is 8.69. The van der Waals surface area contributed by atoms with Gasteiger partial charge in [-0.2, -0.15) is 10.4 Å². The average Bonchev–Trinajstić information content (AvgIpc) is 3.25. The Balaban J connectivity index is 1.90. The first-order valence-electron chi connectivity index (χ1n) is 10.5. The molecule has 6 nitrogen and oxygen atoms in total. The predicted octanol–water partition coefficient (Wildman–Crippen LogP) is 4.47. The summed E-state index contributed by atoms with van der Waals surface area (Å²) in [6, 6.07) is 6.48. The molecule has 2 aromatic rings. The van der Waals surface area contributed by atoms with E-state index in [1.165, 1.54) is 6.42 Å². The van der Waals surface area contributed by atoms with Crippen LogP contribution in [0.5, 0.6) is 0 Å². The first kappa shape index (κ1) is 20.9. The van der Waals surface area contributed by atoms with Crippen LogP contribution in [0, 0.1) is 31.1 Å². The Hall–Kier alpha value is -2.81. The van der Waals surface area contributed by atoms with E-state index in [1.54, 1.807) is 12.3 Å². The number of carbonyl (C=O) groups is 1. The molecule has 0 radical (unpaired) electrons. The Morgan fingerprint density at radius 3 is 2.72 bits per heavy atom. The van der Waals surface area contributed by atoms with Crippen LogP contribution in [0.2, 0.25) is 0 Å². The minimum absolute atomic E-state index is 0.153. The fraction of sp³-hybridized carbons (Fsp3) is 0.522. The maximum Gasteiger partial charge on any atom is 0.262 e. The van der Waals surface area contributed by atoms with Gasteiger partial charge in [0.1, 0.15) is 17.5 Å². The lowest BCUT2D eigenvalue weighted by Gasteiger charge is -2.29. The van der Waals surface area contributed by atoms with Crippen LogP contribution in [0.1, 0.15) is 69.4 Å². The van der Waals surface area contributed by atoms with E-state index in [0.29, 0.717) is 5.92 Å². The smallest absolute Gasteiger partial charge is 0.262 e. The number of amides is 1. The third-order valence-corrected chi connectivity index (χ3v) is 5.93. The Morgan fingerprint density at radius 2 is 2.07 bits per heavy atom. The topological polar surface area (TPSA) is 75.6 Å². The van der Waals surface area contributed by atoms with Crippen LogP contribution in [0.15, 0.2) is 23.9 Å². The Labute approximate surface area is 173 Å². The van der Waals surface area contributed by atoms with Crippen molar-refractivity contribution in [1.82, 2.24) is 19.7 Å². The lowest BCUT2D eigenvalue weighted by molar-refractivity contribution is -0.118. The normalized spacial score (nSPS) is 20.0. The third kappa shape index (κ3) is 4.29. The van der Waals surface area contributed by atoms with Crippen LogP contribution >= 0.6 is 0 Å². The van der Waals surface area contributed by atoms with Crippen molar-refractivity contribution in [1.29, 1.82) is 5.26 Å². The SMILES string of the molecule is Cc1cc(/C=C(\C#N)C(=O)N[C@H]2CCCC[C@@H]2C)c(C)n1-c1ccnn1C(C)C. The molecule has 154 valence electrons. The summed E-state index contributed by atoms with van der Waals surface area (Å²) in [5, 5.41) is 17.1. The van der Waals surface area contributed by atoms with Crippen LogP contribution in [0.3, 0.4) is 0 Å². The van der Waals surface area contributed by atoms with Gasteiger partial charge in [-0.25, -0.2) is 4.68 Å². The highest BCUT2D eigenvalue weighted by Gasteiger charge is 2.24. The number of rotatable bonds is 5. The van der Waals surface area contributed by atoms with E-state index in [4.69, 9.17) is 0 Å².